The summed E-state index contributed by atoms with van der Waals surface area (Å²) in [4.78, 5) is 11.4. The van der Waals surface area contributed by atoms with Crippen LogP contribution in [0.15, 0.2) is 23.3 Å². The van der Waals surface area contributed by atoms with Gasteiger partial charge in [-0.25, -0.2) is 4.98 Å². The number of pyridine rings is 1. The third kappa shape index (κ3) is 5.86. The van der Waals surface area contributed by atoms with Crippen molar-refractivity contribution in [1.29, 1.82) is 0 Å². The number of guanidine groups is 1. The molecule has 1 aliphatic rings. The molecule has 3 heterocycles. The number of anilines is 1. The van der Waals surface area contributed by atoms with Gasteiger partial charge in [0.2, 0.25) is 0 Å². The van der Waals surface area contributed by atoms with Gasteiger partial charge in [-0.1, -0.05) is 19.9 Å². The smallest absolute Gasteiger partial charge is 0.191 e. The number of nitrogens with one attached hydrogen (secondary N) is 2. The number of nitrogens with zero attached hydrogens (tertiary/aromatic N) is 5. The van der Waals surface area contributed by atoms with Gasteiger partial charge in [0, 0.05) is 57.2 Å². The van der Waals surface area contributed by atoms with Crippen LogP contribution >= 0.6 is 24.0 Å². The van der Waals surface area contributed by atoms with Gasteiger partial charge in [0.15, 0.2) is 5.96 Å². The number of aromatic nitrogens is 3. The van der Waals surface area contributed by atoms with Gasteiger partial charge >= 0.3 is 0 Å². The predicted octanol–water partition coefficient (Wildman–Crippen LogP) is 3.20. The van der Waals surface area contributed by atoms with Gasteiger partial charge in [-0.05, 0) is 44.2 Å². The molecule has 1 saturated heterocycles. The van der Waals surface area contributed by atoms with E-state index < -0.39 is 0 Å². The standard InChI is InChI=1S/C22H35N7.HI/c1-6-19-18(20(7-2)28(5)27-19)15-25-22(23-4)26-17-10-12-29(13-11-17)21-9-8-16(3)14-24-21;/h8-9,14,17H,6-7,10-13,15H2,1-5H3,(H2,23,25,26);1H. The first kappa shape index (κ1) is 24.4. The second-order valence-electron chi connectivity index (χ2n) is 7.73. The van der Waals surface area contributed by atoms with E-state index in [1.165, 1.54) is 22.5 Å². The number of halogens is 1. The molecule has 166 valence electrons. The lowest BCUT2D eigenvalue weighted by Crippen LogP contribution is -2.48. The van der Waals surface area contributed by atoms with Crippen molar-refractivity contribution < 1.29 is 0 Å². The van der Waals surface area contributed by atoms with Crippen molar-refractivity contribution in [3.05, 3.63) is 40.8 Å². The van der Waals surface area contributed by atoms with Crippen LogP contribution in [0.3, 0.4) is 0 Å². The molecule has 0 unspecified atom stereocenters. The van der Waals surface area contributed by atoms with E-state index in [9.17, 15) is 0 Å². The summed E-state index contributed by atoms with van der Waals surface area (Å²) in [5.74, 6) is 1.94. The molecule has 0 aromatic carbocycles. The molecule has 1 aliphatic heterocycles. The molecule has 2 aromatic rings. The lowest BCUT2D eigenvalue weighted by molar-refractivity contribution is 0.459. The first-order chi connectivity index (χ1) is 14.0. The third-order valence-corrected chi connectivity index (χ3v) is 5.74. The zero-order chi connectivity index (χ0) is 20.8. The first-order valence-electron chi connectivity index (χ1n) is 10.7. The summed E-state index contributed by atoms with van der Waals surface area (Å²) in [5, 5.41) is 11.8. The number of aliphatic imine (C=N–C) groups is 1. The molecule has 0 amide bonds. The van der Waals surface area contributed by atoms with Crippen LogP contribution in [0.1, 0.15) is 49.2 Å². The van der Waals surface area contributed by atoms with E-state index in [0.717, 1.165) is 57.1 Å². The molecule has 3 rings (SSSR count). The summed E-state index contributed by atoms with van der Waals surface area (Å²) in [6, 6.07) is 4.67. The summed E-state index contributed by atoms with van der Waals surface area (Å²) in [6.07, 6.45) is 6.02. The van der Waals surface area contributed by atoms with Crippen molar-refractivity contribution >= 4 is 35.8 Å². The molecular weight excluding hydrogens is 489 g/mol. The molecule has 2 aromatic heterocycles. The largest absolute Gasteiger partial charge is 0.356 e. The maximum absolute atomic E-state index is 4.67. The van der Waals surface area contributed by atoms with E-state index in [1.54, 1.807) is 0 Å². The molecule has 2 N–H and O–H groups in total. The van der Waals surface area contributed by atoms with E-state index in [4.69, 9.17) is 0 Å². The fourth-order valence-electron chi connectivity index (χ4n) is 4.05. The highest BCUT2D eigenvalue weighted by molar-refractivity contribution is 14.0. The SMILES string of the molecule is CCc1nn(C)c(CC)c1CNC(=NC)NC1CCN(c2ccc(C)cn2)CC1.I. The summed E-state index contributed by atoms with van der Waals surface area (Å²) in [5.41, 5.74) is 4.97. The average molecular weight is 525 g/mol. The minimum Gasteiger partial charge on any atom is -0.356 e. The highest BCUT2D eigenvalue weighted by atomic mass is 127. The Labute approximate surface area is 197 Å². The molecule has 0 saturated carbocycles. The molecule has 0 radical (unpaired) electrons. The van der Waals surface area contributed by atoms with Crippen molar-refractivity contribution in [2.24, 2.45) is 12.0 Å². The van der Waals surface area contributed by atoms with Gasteiger partial charge in [-0.15, -0.1) is 24.0 Å². The summed E-state index contributed by atoms with van der Waals surface area (Å²) in [7, 11) is 3.87. The molecule has 0 bridgehead atoms. The van der Waals surface area contributed by atoms with Crippen LogP contribution in [-0.2, 0) is 26.4 Å². The lowest BCUT2D eigenvalue weighted by atomic mass is 10.1. The van der Waals surface area contributed by atoms with Crippen LogP contribution in [-0.4, -0.2) is 46.9 Å². The molecule has 0 aliphatic carbocycles. The highest BCUT2D eigenvalue weighted by Crippen LogP contribution is 2.18. The topological polar surface area (TPSA) is 70.4 Å². The Kier molecular flexibility index (Phi) is 9.38. The van der Waals surface area contributed by atoms with Crippen LogP contribution in [0.5, 0.6) is 0 Å². The molecule has 0 atom stereocenters. The van der Waals surface area contributed by atoms with Crippen molar-refractivity contribution in [1.82, 2.24) is 25.4 Å². The monoisotopic (exact) mass is 525 g/mol. The van der Waals surface area contributed by atoms with Gasteiger partial charge in [-0.2, -0.15) is 5.10 Å². The fraction of sp³-hybridized carbons (Fsp3) is 0.591. The van der Waals surface area contributed by atoms with Gasteiger partial charge in [-0.3, -0.25) is 9.67 Å². The Morgan fingerprint density at radius 1 is 1.20 bits per heavy atom. The van der Waals surface area contributed by atoms with Gasteiger partial charge < -0.3 is 15.5 Å². The van der Waals surface area contributed by atoms with E-state index in [-0.39, 0.29) is 24.0 Å². The molecule has 8 heteroatoms. The second kappa shape index (κ2) is 11.5. The first-order valence-corrected chi connectivity index (χ1v) is 10.7. The van der Waals surface area contributed by atoms with Gasteiger partial charge in [0.25, 0.3) is 0 Å². The number of aryl methyl sites for hydroxylation is 3. The van der Waals surface area contributed by atoms with Gasteiger partial charge in [0.1, 0.15) is 5.82 Å². The third-order valence-electron chi connectivity index (χ3n) is 5.74. The molecular formula is C22H36IN7. The lowest BCUT2D eigenvalue weighted by Gasteiger charge is -2.33. The normalized spacial score (nSPS) is 15.1. The van der Waals surface area contributed by atoms with Crippen molar-refractivity contribution in [2.75, 3.05) is 25.0 Å². The van der Waals surface area contributed by atoms with Crippen LogP contribution in [0, 0.1) is 6.92 Å². The van der Waals surface area contributed by atoms with Crippen molar-refractivity contribution in [3.63, 3.8) is 0 Å². The van der Waals surface area contributed by atoms with Crippen molar-refractivity contribution in [3.8, 4) is 0 Å². The zero-order valence-electron chi connectivity index (χ0n) is 18.9. The summed E-state index contributed by atoms with van der Waals surface area (Å²) in [6.45, 7) is 9.19. The Balaban J connectivity index is 0.00000320. The van der Waals surface area contributed by atoms with Crippen molar-refractivity contribution in [2.45, 2.75) is 59.0 Å². The van der Waals surface area contributed by atoms with E-state index in [2.05, 4.69) is 63.5 Å². The van der Waals surface area contributed by atoms with Crippen LogP contribution in [0.25, 0.3) is 0 Å². The van der Waals surface area contributed by atoms with Gasteiger partial charge in [0.05, 0.1) is 5.69 Å². The number of hydrogen-bond donors (Lipinski definition) is 2. The van der Waals surface area contributed by atoms with Crippen LogP contribution in [0.2, 0.25) is 0 Å². The molecule has 30 heavy (non-hydrogen) atoms. The van der Waals surface area contributed by atoms with Crippen LogP contribution in [0.4, 0.5) is 5.82 Å². The minimum absolute atomic E-state index is 0. The predicted molar refractivity (Wildman–Crippen MR) is 135 cm³/mol. The fourth-order valence-corrected chi connectivity index (χ4v) is 4.05. The Bertz CT molecular complexity index is 821. The molecule has 0 spiro atoms. The summed E-state index contributed by atoms with van der Waals surface area (Å²) < 4.78 is 2.01. The maximum Gasteiger partial charge on any atom is 0.191 e. The van der Waals surface area contributed by atoms with E-state index in [0.29, 0.717) is 6.04 Å². The quantitative estimate of drug-likeness (QED) is 0.345. The molecule has 1 fully saturated rings. The number of rotatable bonds is 6. The zero-order valence-corrected chi connectivity index (χ0v) is 21.2. The maximum atomic E-state index is 4.67. The Morgan fingerprint density at radius 2 is 1.93 bits per heavy atom. The number of hydrogen-bond acceptors (Lipinski definition) is 4. The summed E-state index contributed by atoms with van der Waals surface area (Å²) >= 11 is 0. The highest BCUT2D eigenvalue weighted by Gasteiger charge is 2.21. The van der Waals surface area contributed by atoms with Crippen LogP contribution < -0.4 is 15.5 Å². The average Bonchev–Trinajstić information content (AvgIpc) is 3.06. The van der Waals surface area contributed by atoms with E-state index >= 15 is 0 Å². The minimum atomic E-state index is 0. The Morgan fingerprint density at radius 3 is 2.50 bits per heavy atom. The Hall–Kier alpha value is -1.84. The molecule has 7 nitrogen and oxygen atoms in total. The number of piperidine rings is 1. The second-order valence-corrected chi connectivity index (χ2v) is 7.73. The van der Waals surface area contributed by atoms with E-state index in [1.807, 2.05) is 25.0 Å².